The van der Waals surface area contributed by atoms with Gasteiger partial charge < -0.3 is 4.57 Å². The first-order valence-electron chi connectivity index (χ1n) is 6.38. The van der Waals surface area contributed by atoms with Gasteiger partial charge in [-0.3, -0.25) is 10.7 Å². The van der Waals surface area contributed by atoms with Crippen molar-refractivity contribution in [1.82, 2.24) is 19.5 Å². The molecule has 0 aliphatic rings. The standard InChI is InChI=1S/C14H11ClFN5O/c15-14-18-12(20-22)11-13(19-14)21(8-17-11)7-1-2-9-3-5-10(16)6-4-9/h1-6,8,22H,7H2,(H,18,19,20)/b2-1+. The highest BCUT2D eigenvalue weighted by Crippen LogP contribution is 2.20. The Bertz CT molecular complexity index is 831. The number of halogens is 2. The van der Waals surface area contributed by atoms with Crippen molar-refractivity contribution in [3.63, 3.8) is 0 Å². The zero-order chi connectivity index (χ0) is 15.5. The highest BCUT2D eigenvalue weighted by molar-refractivity contribution is 6.28. The van der Waals surface area contributed by atoms with E-state index in [4.69, 9.17) is 16.8 Å². The first-order chi connectivity index (χ1) is 10.7. The molecule has 8 heteroatoms. The predicted octanol–water partition coefficient (Wildman–Crippen LogP) is 3.13. The Morgan fingerprint density at radius 3 is 2.77 bits per heavy atom. The number of fused-ring (bicyclic) bond motifs is 1. The van der Waals surface area contributed by atoms with Crippen molar-refractivity contribution in [2.24, 2.45) is 0 Å². The molecule has 2 aromatic heterocycles. The van der Waals surface area contributed by atoms with Crippen molar-refractivity contribution in [2.75, 3.05) is 5.48 Å². The third-order valence-corrected chi connectivity index (χ3v) is 3.19. The Balaban J connectivity index is 1.85. The molecule has 0 bridgehead atoms. The highest BCUT2D eigenvalue weighted by Gasteiger charge is 2.11. The zero-order valence-corrected chi connectivity index (χ0v) is 12.0. The number of nitrogens with one attached hydrogen (secondary N) is 1. The van der Waals surface area contributed by atoms with E-state index in [1.54, 1.807) is 23.0 Å². The van der Waals surface area contributed by atoms with E-state index >= 15 is 0 Å². The molecule has 6 nitrogen and oxygen atoms in total. The van der Waals surface area contributed by atoms with E-state index < -0.39 is 0 Å². The molecule has 0 unspecified atom stereocenters. The fourth-order valence-corrected chi connectivity index (χ4v) is 2.17. The lowest BCUT2D eigenvalue weighted by Crippen LogP contribution is -1.99. The fourth-order valence-electron chi connectivity index (χ4n) is 2.01. The summed E-state index contributed by atoms with van der Waals surface area (Å²) in [6, 6.07) is 6.17. The quantitative estimate of drug-likeness (QED) is 0.571. The van der Waals surface area contributed by atoms with Crippen molar-refractivity contribution in [3.8, 4) is 0 Å². The van der Waals surface area contributed by atoms with Gasteiger partial charge in [0, 0.05) is 6.54 Å². The summed E-state index contributed by atoms with van der Waals surface area (Å²) >= 11 is 5.81. The van der Waals surface area contributed by atoms with E-state index in [0.717, 1.165) is 5.56 Å². The van der Waals surface area contributed by atoms with Gasteiger partial charge in [0.1, 0.15) is 5.82 Å². The van der Waals surface area contributed by atoms with Crippen molar-refractivity contribution >= 4 is 34.7 Å². The lowest BCUT2D eigenvalue weighted by atomic mass is 10.2. The second-order valence-electron chi connectivity index (χ2n) is 4.48. The van der Waals surface area contributed by atoms with Crippen LogP contribution >= 0.6 is 11.6 Å². The molecule has 0 saturated carbocycles. The molecule has 0 saturated heterocycles. The Morgan fingerprint density at radius 2 is 2.05 bits per heavy atom. The number of anilines is 1. The summed E-state index contributed by atoms with van der Waals surface area (Å²) in [6.07, 6.45) is 5.32. The van der Waals surface area contributed by atoms with Crippen LogP contribution in [0.1, 0.15) is 5.56 Å². The molecule has 0 spiro atoms. The van der Waals surface area contributed by atoms with Crippen LogP contribution in [0.25, 0.3) is 17.2 Å². The van der Waals surface area contributed by atoms with E-state index in [9.17, 15) is 4.39 Å². The van der Waals surface area contributed by atoms with Gasteiger partial charge in [0.25, 0.3) is 0 Å². The summed E-state index contributed by atoms with van der Waals surface area (Å²) in [4.78, 5) is 12.1. The molecule has 0 atom stereocenters. The SMILES string of the molecule is ONc1nc(Cl)nc2c1ncn2C/C=C/c1ccc(F)cc1. The molecule has 3 rings (SSSR count). The van der Waals surface area contributed by atoms with Gasteiger partial charge in [-0.05, 0) is 29.3 Å². The highest BCUT2D eigenvalue weighted by atomic mass is 35.5. The monoisotopic (exact) mass is 319 g/mol. The molecule has 0 aliphatic carbocycles. The topological polar surface area (TPSA) is 75.9 Å². The van der Waals surface area contributed by atoms with Gasteiger partial charge >= 0.3 is 0 Å². The number of allylic oxidation sites excluding steroid dienone is 1. The normalized spacial score (nSPS) is 11.4. The number of hydrogen-bond donors (Lipinski definition) is 2. The lowest BCUT2D eigenvalue weighted by molar-refractivity contribution is 0.386. The van der Waals surface area contributed by atoms with Crippen LogP contribution in [0.3, 0.4) is 0 Å². The first-order valence-corrected chi connectivity index (χ1v) is 6.76. The summed E-state index contributed by atoms with van der Waals surface area (Å²) in [5, 5.41) is 9.03. The van der Waals surface area contributed by atoms with Gasteiger partial charge in [-0.25, -0.2) is 9.37 Å². The van der Waals surface area contributed by atoms with Crippen LogP contribution in [0.2, 0.25) is 5.28 Å². The van der Waals surface area contributed by atoms with Crippen molar-refractivity contribution < 1.29 is 9.60 Å². The van der Waals surface area contributed by atoms with Gasteiger partial charge in [0.05, 0.1) is 6.33 Å². The second-order valence-corrected chi connectivity index (χ2v) is 4.81. The van der Waals surface area contributed by atoms with E-state index in [1.807, 2.05) is 17.6 Å². The van der Waals surface area contributed by atoms with Gasteiger partial charge in [0.15, 0.2) is 17.0 Å². The molecule has 0 aliphatic heterocycles. The number of hydrogen-bond acceptors (Lipinski definition) is 5. The summed E-state index contributed by atoms with van der Waals surface area (Å²) in [6.45, 7) is 0.492. The fraction of sp³-hybridized carbons (Fsp3) is 0.0714. The number of benzene rings is 1. The summed E-state index contributed by atoms with van der Waals surface area (Å²) < 4.78 is 14.6. The van der Waals surface area contributed by atoms with E-state index in [0.29, 0.717) is 17.7 Å². The molecule has 1 aromatic carbocycles. The second kappa shape index (κ2) is 6.08. The molecule has 2 N–H and O–H groups in total. The minimum Gasteiger partial charge on any atom is -0.311 e. The van der Waals surface area contributed by atoms with Gasteiger partial charge in [-0.2, -0.15) is 9.97 Å². The molecule has 112 valence electrons. The maximum Gasteiger partial charge on any atom is 0.226 e. The van der Waals surface area contributed by atoms with Gasteiger partial charge in [0.2, 0.25) is 5.28 Å². The molecular weight excluding hydrogens is 309 g/mol. The summed E-state index contributed by atoms with van der Waals surface area (Å²) in [5.41, 5.74) is 3.75. The van der Waals surface area contributed by atoms with E-state index in [-0.39, 0.29) is 16.9 Å². The van der Waals surface area contributed by atoms with Crippen LogP contribution in [-0.4, -0.2) is 24.7 Å². The van der Waals surface area contributed by atoms with E-state index in [1.165, 1.54) is 12.1 Å². The molecule has 2 heterocycles. The first kappa shape index (κ1) is 14.4. The molecule has 22 heavy (non-hydrogen) atoms. The number of rotatable bonds is 4. The van der Waals surface area contributed by atoms with Crippen molar-refractivity contribution in [1.29, 1.82) is 0 Å². The average Bonchev–Trinajstić information content (AvgIpc) is 2.91. The van der Waals surface area contributed by atoms with Gasteiger partial charge in [-0.15, -0.1) is 0 Å². The van der Waals surface area contributed by atoms with Crippen molar-refractivity contribution in [2.45, 2.75) is 6.54 Å². The van der Waals surface area contributed by atoms with Crippen LogP contribution in [-0.2, 0) is 6.54 Å². The third kappa shape index (κ3) is 2.90. The number of aromatic nitrogens is 4. The Morgan fingerprint density at radius 1 is 1.27 bits per heavy atom. The van der Waals surface area contributed by atoms with E-state index in [2.05, 4.69) is 15.0 Å². The lowest BCUT2D eigenvalue weighted by Gasteiger charge is -2.02. The number of imidazole rings is 1. The molecule has 0 amide bonds. The predicted molar refractivity (Wildman–Crippen MR) is 81.2 cm³/mol. The maximum absolute atomic E-state index is 12.8. The Labute approximate surface area is 129 Å². The number of nitrogens with zero attached hydrogens (tertiary/aromatic N) is 4. The summed E-state index contributed by atoms with van der Waals surface area (Å²) in [7, 11) is 0. The third-order valence-electron chi connectivity index (χ3n) is 3.02. The molecule has 3 aromatic rings. The Hall–Kier alpha value is -2.51. The van der Waals surface area contributed by atoms with Crippen LogP contribution in [0.5, 0.6) is 0 Å². The van der Waals surface area contributed by atoms with Crippen LogP contribution in [0, 0.1) is 5.82 Å². The van der Waals surface area contributed by atoms with Crippen LogP contribution < -0.4 is 5.48 Å². The Kier molecular flexibility index (Phi) is 3.99. The van der Waals surface area contributed by atoms with Crippen molar-refractivity contribution in [3.05, 3.63) is 53.3 Å². The molecular formula is C14H11ClFN5O. The average molecular weight is 320 g/mol. The minimum atomic E-state index is -0.270. The van der Waals surface area contributed by atoms with Crippen LogP contribution in [0.4, 0.5) is 10.2 Å². The zero-order valence-electron chi connectivity index (χ0n) is 11.2. The largest absolute Gasteiger partial charge is 0.311 e. The summed E-state index contributed by atoms with van der Waals surface area (Å²) in [5.74, 6) is -0.121. The molecule has 0 fully saturated rings. The smallest absolute Gasteiger partial charge is 0.226 e. The van der Waals surface area contributed by atoms with Crippen LogP contribution in [0.15, 0.2) is 36.7 Å². The van der Waals surface area contributed by atoms with Gasteiger partial charge in [-0.1, -0.05) is 24.3 Å². The minimum absolute atomic E-state index is 0.00770. The molecule has 0 radical (unpaired) electrons. The maximum atomic E-state index is 12.8.